The van der Waals surface area contributed by atoms with Crippen LogP contribution in [0.4, 0.5) is 17.2 Å². The van der Waals surface area contributed by atoms with Crippen molar-refractivity contribution in [3.63, 3.8) is 0 Å². The topological polar surface area (TPSA) is 45.8 Å². The Kier molecular flexibility index (Phi) is 5.06. The zero-order valence-electron chi connectivity index (χ0n) is 11.5. The fraction of sp³-hybridized carbons (Fsp3) is 0.308. The molecule has 1 aromatic carbocycles. The van der Waals surface area contributed by atoms with E-state index in [0.717, 1.165) is 22.8 Å². The molecule has 0 bridgehead atoms. The average Bonchev–Trinajstić information content (AvgIpc) is 2.67. The van der Waals surface area contributed by atoms with Gasteiger partial charge in [-0.25, -0.2) is 4.68 Å². The molecule has 1 aromatic heterocycles. The Hall–Kier alpha value is -1.88. The molecule has 0 aliphatic rings. The minimum Gasteiger partial charge on any atom is -0.378 e. The molecule has 6 heteroatoms. The Morgan fingerprint density at radius 3 is 2.21 bits per heavy atom. The molecule has 0 saturated heterocycles. The Labute approximate surface area is 119 Å². The monoisotopic (exact) mass is 279 g/mol. The molecule has 0 fully saturated rings. The first-order chi connectivity index (χ1) is 8.58. The highest BCUT2D eigenvalue weighted by Crippen LogP contribution is 2.22. The molecule has 0 aliphatic heterocycles. The van der Waals surface area contributed by atoms with Crippen molar-refractivity contribution in [2.75, 3.05) is 19.0 Å². The first kappa shape index (κ1) is 15.2. The summed E-state index contributed by atoms with van der Waals surface area (Å²) < 4.78 is 1.72. The number of hydrogen-bond acceptors (Lipinski definition) is 4. The van der Waals surface area contributed by atoms with Crippen molar-refractivity contribution in [3.8, 4) is 0 Å². The highest BCUT2D eigenvalue weighted by atomic mass is 35.5. The molecule has 1 heterocycles. The van der Waals surface area contributed by atoms with E-state index >= 15 is 0 Å². The van der Waals surface area contributed by atoms with Crippen LogP contribution in [-0.2, 0) is 7.05 Å². The van der Waals surface area contributed by atoms with Gasteiger partial charge >= 0.3 is 0 Å². The van der Waals surface area contributed by atoms with Gasteiger partial charge in [-0.1, -0.05) is 0 Å². The van der Waals surface area contributed by atoms with E-state index in [2.05, 4.69) is 15.3 Å². The second kappa shape index (κ2) is 6.33. The highest BCUT2D eigenvalue weighted by Gasteiger charge is 2.02. The predicted octanol–water partition coefficient (Wildman–Crippen LogP) is 3.63. The molecule has 102 valence electrons. The first-order valence-electron chi connectivity index (χ1n) is 5.75. The predicted molar refractivity (Wildman–Crippen MR) is 80.1 cm³/mol. The molecule has 0 N–H and O–H groups in total. The lowest BCUT2D eigenvalue weighted by atomic mass is 10.3. The Morgan fingerprint density at radius 1 is 1.11 bits per heavy atom. The third-order valence-electron chi connectivity index (χ3n) is 2.71. The van der Waals surface area contributed by atoms with E-state index in [4.69, 9.17) is 0 Å². The van der Waals surface area contributed by atoms with Gasteiger partial charge < -0.3 is 4.90 Å². The van der Waals surface area contributed by atoms with Gasteiger partial charge in [-0.2, -0.15) is 5.10 Å². The molecule has 0 atom stereocenters. The van der Waals surface area contributed by atoms with Crippen LogP contribution in [0.1, 0.15) is 5.56 Å². The van der Waals surface area contributed by atoms with Crippen molar-refractivity contribution < 1.29 is 0 Å². The van der Waals surface area contributed by atoms with Crippen molar-refractivity contribution in [2.45, 2.75) is 6.92 Å². The van der Waals surface area contributed by atoms with E-state index in [1.54, 1.807) is 10.9 Å². The Bertz CT molecular complexity index is 537. The van der Waals surface area contributed by atoms with Gasteiger partial charge in [0.2, 0.25) is 0 Å². The molecule has 0 saturated carbocycles. The van der Waals surface area contributed by atoms with Crippen LogP contribution in [0, 0.1) is 6.92 Å². The van der Waals surface area contributed by atoms with Crippen molar-refractivity contribution in [3.05, 3.63) is 36.0 Å². The van der Waals surface area contributed by atoms with Crippen molar-refractivity contribution in [1.29, 1.82) is 0 Å². The number of halogens is 1. The lowest BCUT2D eigenvalue weighted by Gasteiger charge is -2.11. The summed E-state index contributed by atoms with van der Waals surface area (Å²) in [5.41, 5.74) is 3.00. The normalized spacial score (nSPS) is 10.5. The quantitative estimate of drug-likeness (QED) is 0.806. The maximum atomic E-state index is 4.22. The van der Waals surface area contributed by atoms with Gasteiger partial charge in [-0.15, -0.1) is 22.6 Å². The smallest absolute Gasteiger partial charge is 0.175 e. The van der Waals surface area contributed by atoms with E-state index in [-0.39, 0.29) is 12.4 Å². The molecule has 2 rings (SSSR count). The summed E-state index contributed by atoms with van der Waals surface area (Å²) in [4.78, 5) is 2.05. The van der Waals surface area contributed by atoms with Crippen molar-refractivity contribution in [1.82, 2.24) is 9.78 Å². The lowest BCUT2D eigenvalue weighted by molar-refractivity contribution is 0.763. The third kappa shape index (κ3) is 3.54. The molecule has 0 amide bonds. The van der Waals surface area contributed by atoms with Crippen molar-refractivity contribution in [2.24, 2.45) is 17.3 Å². The molecule has 5 nitrogen and oxygen atoms in total. The van der Waals surface area contributed by atoms with Gasteiger partial charge in [0.25, 0.3) is 0 Å². The molecule has 2 aromatic rings. The molecule has 0 unspecified atom stereocenters. The number of rotatable bonds is 3. The third-order valence-corrected chi connectivity index (χ3v) is 2.71. The average molecular weight is 280 g/mol. The highest BCUT2D eigenvalue weighted by molar-refractivity contribution is 5.85. The van der Waals surface area contributed by atoms with Gasteiger partial charge in [0, 0.05) is 32.4 Å². The largest absolute Gasteiger partial charge is 0.378 e. The molecular weight excluding hydrogens is 262 g/mol. The van der Waals surface area contributed by atoms with Crippen molar-refractivity contribution >= 4 is 29.6 Å². The fourth-order valence-electron chi connectivity index (χ4n) is 1.61. The summed E-state index contributed by atoms with van der Waals surface area (Å²) in [7, 11) is 5.88. The standard InChI is InChI=1S/C13H17N5.ClH/c1-10-9-14-18(4)13(10)16-15-11-5-7-12(8-6-11)17(2)3;/h5-9H,1-4H3;1H. The van der Waals surface area contributed by atoms with E-state index in [0.29, 0.717) is 0 Å². The van der Waals surface area contributed by atoms with Crippen LogP contribution in [0.5, 0.6) is 0 Å². The number of azo groups is 1. The van der Waals surface area contributed by atoms with Crippen LogP contribution in [0.2, 0.25) is 0 Å². The number of hydrogen-bond donors (Lipinski definition) is 0. The van der Waals surface area contributed by atoms with E-state index in [1.807, 2.05) is 57.2 Å². The second-order valence-corrected chi connectivity index (χ2v) is 4.39. The maximum absolute atomic E-state index is 4.22. The van der Waals surface area contributed by atoms with E-state index in [1.165, 1.54) is 0 Å². The Morgan fingerprint density at radius 2 is 1.74 bits per heavy atom. The lowest BCUT2D eigenvalue weighted by Crippen LogP contribution is -2.07. The summed E-state index contributed by atoms with van der Waals surface area (Å²) in [6.45, 7) is 1.97. The van der Waals surface area contributed by atoms with Crippen LogP contribution >= 0.6 is 12.4 Å². The number of benzene rings is 1. The van der Waals surface area contributed by atoms with E-state index in [9.17, 15) is 0 Å². The summed E-state index contributed by atoms with van der Waals surface area (Å²) in [6.07, 6.45) is 1.78. The summed E-state index contributed by atoms with van der Waals surface area (Å²) in [6, 6.07) is 7.93. The van der Waals surface area contributed by atoms with Crippen LogP contribution in [0.3, 0.4) is 0 Å². The summed E-state index contributed by atoms with van der Waals surface area (Å²) in [5, 5.41) is 12.6. The van der Waals surface area contributed by atoms with Gasteiger partial charge in [-0.05, 0) is 31.2 Å². The molecule has 19 heavy (non-hydrogen) atoms. The molecule has 0 aliphatic carbocycles. The fourth-order valence-corrected chi connectivity index (χ4v) is 1.61. The molecular formula is C13H18ClN5. The van der Waals surface area contributed by atoms with Gasteiger partial charge in [0.1, 0.15) is 0 Å². The SMILES string of the molecule is Cc1cnn(C)c1N=Nc1ccc(N(C)C)cc1.Cl. The minimum absolute atomic E-state index is 0. The van der Waals surface area contributed by atoms with Crippen LogP contribution in [0.25, 0.3) is 0 Å². The minimum atomic E-state index is 0. The molecule has 0 radical (unpaired) electrons. The summed E-state index contributed by atoms with van der Waals surface area (Å²) >= 11 is 0. The number of aryl methyl sites for hydroxylation is 2. The van der Waals surface area contributed by atoms with Gasteiger partial charge in [0.05, 0.1) is 11.9 Å². The van der Waals surface area contributed by atoms with Crippen LogP contribution in [-0.4, -0.2) is 23.9 Å². The zero-order valence-corrected chi connectivity index (χ0v) is 12.3. The van der Waals surface area contributed by atoms with Crippen LogP contribution < -0.4 is 4.90 Å². The van der Waals surface area contributed by atoms with E-state index < -0.39 is 0 Å². The van der Waals surface area contributed by atoms with Crippen LogP contribution in [0.15, 0.2) is 40.7 Å². The number of anilines is 1. The van der Waals surface area contributed by atoms with Gasteiger partial charge in [-0.3, -0.25) is 0 Å². The number of aromatic nitrogens is 2. The first-order valence-corrected chi connectivity index (χ1v) is 5.75. The van der Waals surface area contributed by atoms with Gasteiger partial charge in [0.15, 0.2) is 5.82 Å². The Balaban J connectivity index is 0.00000180. The molecule has 0 spiro atoms. The second-order valence-electron chi connectivity index (χ2n) is 4.39. The number of nitrogens with zero attached hydrogens (tertiary/aromatic N) is 5. The maximum Gasteiger partial charge on any atom is 0.175 e. The zero-order chi connectivity index (χ0) is 13.1. The summed E-state index contributed by atoms with van der Waals surface area (Å²) in [5.74, 6) is 0.784.